The molecule has 0 bridgehead atoms. The van der Waals surface area contributed by atoms with Crippen LogP contribution in [0.15, 0.2) is 43.0 Å². The van der Waals surface area contributed by atoms with E-state index in [9.17, 15) is 15.0 Å². The number of carbonyl (C=O) groups is 1. The van der Waals surface area contributed by atoms with Gasteiger partial charge in [-0.15, -0.1) is 0 Å². The average molecular weight is 357 g/mol. The topological polar surface area (TPSA) is 122 Å². The summed E-state index contributed by atoms with van der Waals surface area (Å²) in [4.78, 5) is 25.0. The van der Waals surface area contributed by atoms with Crippen LogP contribution < -0.4 is 5.32 Å². The van der Waals surface area contributed by atoms with Crippen molar-refractivity contribution in [1.82, 2.24) is 19.5 Å². The van der Waals surface area contributed by atoms with Crippen LogP contribution in [-0.4, -0.2) is 54.5 Å². The quantitative estimate of drug-likeness (QED) is 0.588. The van der Waals surface area contributed by atoms with Crippen molar-refractivity contribution in [3.05, 3.63) is 48.5 Å². The Balaban J connectivity index is 1.63. The Morgan fingerprint density at radius 1 is 1.27 bits per heavy atom. The number of amides is 1. The number of aliphatic hydroxyl groups excluding tert-OH is 2. The minimum absolute atomic E-state index is 0.266. The molecule has 0 aliphatic carbocycles. The second kappa shape index (κ2) is 6.79. The first-order valence-corrected chi connectivity index (χ1v) is 8.15. The number of anilines is 1. The molecule has 0 saturated carbocycles. The van der Waals surface area contributed by atoms with Crippen LogP contribution in [0.3, 0.4) is 0 Å². The van der Waals surface area contributed by atoms with E-state index in [0.29, 0.717) is 29.0 Å². The van der Waals surface area contributed by atoms with Gasteiger partial charge in [0.1, 0.15) is 18.7 Å². The van der Waals surface area contributed by atoms with E-state index < -0.39 is 18.4 Å². The standard InChI is InChI=1S/C17H17N5O4/c23-7-12-11(24)6-13(26-12)22-9-20-14-15(18-8-19-16(14)22)21-17(25)10-4-2-1-3-5-10/h1-5,8-9,11-13,23-24H,6-7H2,(H,18,19,21,25)/t11-,12+,13+/m0/s1/i18+1,21+1. The number of nitrogens with zero attached hydrogens (tertiary/aromatic N) is 4. The first-order valence-electron chi connectivity index (χ1n) is 8.15. The average Bonchev–Trinajstić information content (AvgIpc) is 3.26. The highest BCUT2D eigenvalue weighted by atomic mass is 16.5. The maximum atomic E-state index is 12.4. The van der Waals surface area contributed by atoms with E-state index in [1.165, 1.54) is 12.7 Å². The molecule has 1 aromatic carbocycles. The third kappa shape index (κ3) is 2.92. The second-order valence-electron chi connectivity index (χ2n) is 5.98. The number of fused-ring (bicyclic) bond motifs is 1. The van der Waals surface area contributed by atoms with E-state index in [2.05, 4.69) is 20.3 Å². The van der Waals surface area contributed by atoms with E-state index in [0.717, 1.165) is 0 Å². The molecule has 3 N–H and O–H groups in total. The summed E-state index contributed by atoms with van der Waals surface area (Å²) >= 11 is 0. The fraction of sp³-hybridized carbons (Fsp3) is 0.294. The zero-order valence-electron chi connectivity index (χ0n) is 13.7. The molecular weight excluding hydrogens is 340 g/mol. The largest absolute Gasteiger partial charge is 0.394 e. The zero-order chi connectivity index (χ0) is 18.1. The van der Waals surface area contributed by atoms with Crippen LogP contribution in [0.1, 0.15) is 23.0 Å². The molecule has 1 saturated heterocycles. The van der Waals surface area contributed by atoms with Crippen molar-refractivity contribution in [1.29, 1.82) is 0 Å². The number of carbonyl (C=O) groups excluding carboxylic acids is 1. The molecule has 134 valence electrons. The van der Waals surface area contributed by atoms with Gasteiger partial charge in [0.05, 0.1) is 19.0 Å². The highest BCUT2D eigenvalue weighted by Crippen LogP contribution is 2.31. The summed E-state index contributed by atoms with van der Waals surface area (Å²) < 4.78 is 7.30. The molecule has 4 rings (SSSR count). The van der Waals surface area contributed by atoms with Crippen LogP contribution in [-0.2, 0) is 4.74 Å². The number of aliphatic hydroxyl groups is 2. The van der Waals surface area contributed by atoms with Gasteiger partial charge in [-0.1, -0.05) is 18.2 Å². The van der Waals surface area contributed by atoms with E-state index >= 15 is 0 Å². The number of imidazole rings is 1. The molecule has 0 spiro atoms. The lowest BCUT2D eigenvalue weighted by Gasteiger charge is -2.13. The first kappa shape index (κ1) is 16.6. The normalized spacial score (nSPS) is 22.6. The maximum absolute atomic E-state index is 12.4. The van der Waals surface area contributed by atoms with Gasteiger partial charge in [0, 0.05) is 12.0 Å². The number of nitrogens with one attached hydrogen (secondary N) is 1. The number of aromatic nitrogens is 4. The van der Waals surface area contributed by atoms with E-state index in [4.69, 9.17) is 4.74 Å². The molecule has 2 aromatic heterocycles. The molecule has 0 radical (unpaired) electrons. The van der Waals surface area contributed by atoms with Crippen molar-refractivity contribution in [2.45, 2.75) is 24.9 Å². The van der Waals surface area contributed by atoms with Crippen LogP contribution in [0.4, 0.5) is 5.82 Å². The van der Waals surface area contributed by atoms with Gasteiger partial charge in [0.2, 0.25) is 0 Å². The Bertz CT molecular complexity index is 929. The predicted molar refractivity (Wildman–Crippen MR) is 91.3 cm³/mol. The van der Waals surface area contributed by atoms with E-state index in [1.807, 2.05) is 6.07 Å². The van der Waals surface area contributed by atoms with Gasteiger partial charge < -0.3 is 20.3 Å². The van der Waals surface area contributed by atoms with Crippen LogP contribution in [0.5, 0.6) is 0 Å². The number of hydrogen-bond acceptors (Lipinski definition) is 7. The van der Waals surface area contributed by atoms with E-state index in [1.54, 1.807) is 28.8 Å². The molecule has 3 atom stereocenters. The van der Waals surface area contributed by atoms with Crippen LogP contribution in [0.25, 0.3) is 11.2 Å². The fourth-order valence-electron chi connectivity index (χ4n) is 2.97. The van der Waals surface area contributed by atoms with Crippen molar-refractivity contribution >= 4 is 22.9 Å². The van der Waals surface area contributed by atoms with Gasteiger partial charge in [0.15, 0.2) is 17.0 Å². The summed E-state index contributed by atoms with van der Waals surface area (Å²) in [7, 11) is 0. The summed E-state index contributed by atoms with van der Waals surface area (Å²) in [5.74, 6) is -0.00658. The molecule has 3 aromatic rings. The Morgan fingerprint density at radius 2 is 2.08 bits per heavy atom. The Kier molecular flexibility index (Phi) is 4.33. The molecule has 0 unspecified atom stereocenters. The highest BCUT2D eigenvalue weighted by Gasteiger charge is 2.35. The second-order valence-corrected chi connectivity index (χ2v) is 5.98. The minimum atomic E-state index is -0.762. The highest BCUT2D eigenvalue weighted by molar-refractivity contribution is 6.06. The van der Waals surface area contributed by atoms with Gasteiger partial charge in [-0.05, 0) is 12.1 Å². The molecule has 1 aliphatic heterocycles. The Morgan fingerprint density at radius 3 is 2.81 bits per heavy atom. The third-order valence-electron chi connectivity index (χ3n) is 4.32. The van der Waals surface area contributed by atoms with Crippen LogP contribution in [0, 0.1) is 0 Å². The number of rotatable bonds is 4. The molecule has 9 nitrogen and oxygen atoms in total. The lowest BCUT2D eigenvalue weighted by Crippen LogP contribution is -2.24. The van der Waals surface area contributed by atoms with Gasteiger partial charge in [0.25, 0.3) is 5.91 Å². The molecule has 1 amide bonds. The maximum Gasteiger partial charge on any atom is 0.256 e. The van der Waals surface area contributed by atoms with Crippen molar-refractivity contribution in [3.8, 4) is 0 Å². The summed E-state index contributed by atoms with van der Waals surface area (Å²) in [6.07, 6.45) is 1.26. The predicted octanol–water partition coefficient (Wildman–Crippen LogP) is 0.719. The fourth-order valence-corrected chi connectivity index (χ4v) is 2.97. The summed E-state index contributed by atoms with van der Waals surface area (Å²) in [5.41, 5.74) is 1.40. The summed E-state index contributed by atoms with van der Waals surface area (Å²) in [6.45, 7) is -0.266. The zero-order valence-corrected chi connectivity index (χ0v) is 13.7. The minimum Gasteiger partial charge on any atom is -0.394 e. The molecule has 9 heteroatoms. The van der Waals surface area contributed by atoms with Gasteiger partial charge in [-0.3, -0.25) is 9.36 Å². The van der Waals surface area contributed by atoms with Crippen LogP contribution >= 0.6 is 0 Å². The molecule has 1 aliphatic rings. The van der Waals surface area contributed by atoms with E-state index in [-0.39, 0.29) is 12.5 Å². The lowest BCUT2D eigenvalue weighted by molar-refractivity contribution is -0.0432. The monoisotopic (exact) mass is 357 g/mol. The van der Waals surface area contributed by atoms with Gasteiger partial charge in [-0.2, -0.15) is 0 Å². The molecular formula is C17H17N5O4. The number of benzene rings is 1. The lowest BCUT2D eigenvalue weighted by atomic mass is 10.2. The third-order valence-corrected chi connectivity index (χ3v) is 4.32. The van der Waals surface area contributed by atoms with Crippen molar-refractivity contribution in [3.63, 3.8) is 0 Å². The van der Waals surface area contributed by atoms with Crippen molar-refractivity contribution in [2.75, 3.05) is 11.9 Å². The first-order chi connectivity index (χ1) is 12.7. The molecule has 26 heavy (non-hydrogen) atoms. The Labute approximate surface area is 148 Å². The SMILES string of the molecule is O=C([15NH]c1[15n]cnc2c1ncn2[C@H]1C[C@H](O)[C@@H](CO)O1)c1ccccc1. The van der Waals surface area contributed by atoms with Crippen molar-refractivity contribution in [2.24, 2.45) is 0 Å². The molecule has 1 fully saturated rings. The van der Waals surface area contributed by atoms with Crippen LogP contribution in [0.2, 0.25) is 0 Å². The van der Waals surface area contributed by atoms with Gasteiger partial charge >= 0.3 is 0 Å². The smallest absolute Gasteiger partial charge is 0.256 e. The summed E-state index contributed by atoms with van der Waals surface area (Å²) in [6, 6.07) is 8.79. The Hall–Kier alpha value is -2.88. The summed E-state index contributed by atoms with van der Waals surface area (Å²) in [5, 5.41) is 21.9. The number of hydrogen-bond donors (Lipinski definition) is 3. The molecule has 3 heterocycles. The number of ether oxygens (including phenoxy) is 1. The van der Waals surface area contributed by atoms with Gasteiger partial charge in [-0.25, -0.2) is 15.0 Å². The van der Waals surface area contributed by atoms with Crippen molar-refractivity contribution < 1.29 is 19.7 Å².